The second-order valence-electron chi connectivity index (χ2n) is 6.88. The normalized spacial score (nSPS) is 13.0. The Morgan fingerprint density at radius 2 is 2.03 bits per heavy atom. The van der Waals surface area contributed by atoms with Crippen LogP contribution in [0.1, 0.15) is 28.2 Å². The first-order valence-corrected chi connectivity index (χ1v) is 11.2. The van der Waals surface area contributed by atoms with Crippen LogP contribution in [0.15, 0.2) is 35.6 Å². The Kier molecular flexibility index (Phi) is 4.76. The molecule has 0 amide bonds. The Hall–Kier alpha value is -2.78. The third-order valence-corrected chi connectivity index (χ3v) is 7.08. The van der Waals surface area contributed by atoms with Gasteiger partial charge in [0.15, 0.2) is 0 Å². The zero-order valence-electron chi connectivity index (χ0n) is 15.8. The SMILES string of the molecule is Cc1ccccc1Nc1nc(N)nc(CSc2ncnc3sc4c(c23)CCC4)n1. The monoisotopic (exact) mass is 421 g/mol. The van der Waals surface area contributed by atoms with Crippen molar-refractivity contribution in [2.45, 2.75) is 37.0 Å². The molecular formula is C20H19N7S2. The number of nitrogens with two attached hydrogens (primary N) is 1. The number of para-hydroxylation sites is 1. The highest BCUT2D eigenvalue weighted by Gasteiger charge is 2.21. The number of fused-ring (bicyclic) bond motifs is 3. The average molecular weight is 422 g/mol. The summed E-state index contributed by atoms with van der Waals surface area (Å²) in [4.78, 5) is 24.6. The summed E-state index contributed by atoms with van der Waals surface area (Å²) < 4.78 is 0. The number of nitrogens with zero attached hydrogens (tertiary/aromatic N) is 5. The molecular weight excluding hydrogens is 402 g/mol. The first-order chi connectivity index (χ1) is 14.2. The highest BCUT2D eigenvalue weighted by Crippen LogP contribution is 2.40. The summed E-state index contributed by atoms with van der Waals surface area (Å²) in [6.45, 7) is 2.03. The summed E-state index contributed by atoms with van der Waals surface area (Å²) >= 11 is 3.41. The Morgan fingerprint density at radius 3 is 2.93 bits per heavy atom. The minimum absolute atomic E-state index is 0.205. The van der Waals surface area contributed by atoms with Crippen molar-refractivity contribution < 1.29 is 0 Å². The quantitative estimate of drug-likeness (QED) is 0.363. The molecule has 146 valence electrons. The first kappa shape index (κ1) is 18.3. The van der Waals surface area contributed by atoms with Crippen molar-refractivity contribution in [2.24, 2.45) is 0 Å². The van der Waals surface area contributed by atoms with E-state index in [-0.39, 0.29) is 5.95 Å². The van der Waals surface area contributed by atoms with Gasteiger partial charge in [0.2, 0.25) is 11.9 Å². The van der Waals surface area contributed by atoms with Crippen molar-refractivity contribution in [3.05, 3.63) is 52.4 Å². The second kappa shape index (κ2) is 7.57. The zero-order chi connectivity index (χ0) is 19.8. The van der Waals surface area contributed by atoms with Crippen LogP contribution in [0.25, 0.3) is 10.2 Å². The van der Waals surface area contributed by atoms with Gasteiger partial charge in [0.25, 0.3) is 0 Å². The molecule has 0 saturated carbocycles. The second-order valence-corrected chi connectivity index (χ2v) is 8.93. The lowest BCUT2D eigenvalue weighted by atomic mass is 10.2. The number of hydrogen-bond acceptors (Lipinski definition) is 9. The van der Waals surface area contributed by atoms with E-state index in [2.05, 4.69) is 30.2 Å². The van der Waals surface area contributed by atoms with Gasteiger partial charge in [-0.05, 0) is 43.4 Å². The molecule has 5 rings (SSSR count). The molecule has 29 heavy (non-hydrogen) atoms. The van der Waals surface area contributed by atoms with Gasteiger partial charge in [-0.2, -0.15) is 15.0 Å². The standard InChI is InChI=1S/C20H19N7S2/c1-11-5-2-3-7-13(11)24-20-26-15(25-19(21)27-20)9-28-17-16-12-6-4-8-14(12)29-18(16)23-10-22-17/h2-3,5,7,10H,4,6,8-9H2,1H3,(H3,21,24,25,26,27). The summed E-state index contributed by atoms with van der Waals surface area (Å²) in [5.41, 5.74) is 9.41. The van der Waals surface area contributed by atoms with Gasteiger partial charge in [-0.1, -0.05) is 30.0 Å². The topological polar surface area (TPSA) is 102 Å². The molecule has 0 saturated heterocycles. The van der Waals surface area contributed by atoms with Crippen molar-refractivity contribution in [1.29, 1.82) is 0 Å². The van der Waals surface area contributed by atoms with Crippen LogP contribution in [0.5, 0.6) is 0 Å². The molecule has 0 bridgehead atoms. The Balaban J connectivity index is 1.40. The number of thiophene rings is 1. The van der Waals surface area contributed by atoms with E-state index >= 15 is 0 Å². The zero-order valence-corrected chi connectivity index (χ0v) is 17.5. The summed E-state index contributed by atoms with van der Waals surface area (Å²) in [7, 11) is 0. The lowest BCUT2D eigenvalue weighted by Gasteiger charge is -2.09. The van der Waals surface area contributed by atoms with E-state index in [0.717, 1.165) is 33.9 Å². The van der Waals surface area contributed by atoms with Gasteiger partial charge in [-0.15, -0.1) is 11.3 Å². The maximum atomic E-state index is 5.93. The lowest BCUT2D eigenvalue weighted by molar-refractivity contribution is 0.915. The van der Waals surface area contributed by atoms with E-state index in [4.69, 9.17) is 5.73 Å². The Labute approximate surface area is 176 Å². The maximum absolute atomic E-state index is 5.93. The van der Waals surface area contributed by atoms with E-state index in [9.17, 15) is 0 Å². The summed E-state index contributed by atoms with van der Waals surface area (Å²) in [5, 5.41) is 5.43. The maximum Gasteiger partial charge on any atom is 0.232 e. The van der Waals surface area contributed by atoms with Gasteiger partial charge in [-0.3, -0.25) is 0 Å². The van der Waals surface area contributed by atoms with Gasteiger partial charge in [-0.25, -0.2) is 9.97 Å². The molecule has 0 unspecified atom stereocenters. The molecule has 0 atom stereocenters. The third kappa shape index (κ3) is 3.63. The fourth-order valence-corrected chi connectivity index (χ4v) is 5.71. The predicted octanol–water partition coefficient (Wildman–Crippen LogP) is 4.29. The van der Waals surface area contributed by atoms with Gasteiger partial charge in [0.1, 0.15) is 22.0 Å². The smallest absolute Gasteiger partial charge is 0.232 e. The first-order valence-electron chi connectivity index (χ1n) is 9.38. The molecule has 3 heterocycles. The van der Waals surface area contributed by atoms with Crippen LogP contribution in [0, 0.1) is 6.92 Å². The van der Waals surface area contributed by atoms with Crippen molar-refractivity contribution in [3.63, 3.8) is 0 Å². The highest BCUT2D eigenvalue weighted by atomic mass is 32.2. The number of rotatable bonds is 5. The molecule has 3 aromatic heterocycles. The molecule has 1 aliphatic carbocycles. The summed E-state index contributed by atoms with van der Waals surface area (Å²) in [6, 6.07) is 7.98. The number of thioether (sulfide) groups is 1. The molecule has 1 aromatic carbocycles. The van der Waals surface area contributed by atoms with Crippen LogP contribution < -0.4 is 11.1 Å². The molecule has 1 aliphatic rings. The van der Waals surface area contributed by atoms with Gasteiger partial charge in [0, 0.05) is 16.0 Å². The number of hydrogen-bond donors (Lipinski definition) is 2. The number of benzene rings is 1. The summed E-state index contributed by atoms with van der Waals surface area (Å²) in [6.07, 6.45) is 5.12. The fraction of sp³-hybridized carbons (Fsp3) is 0.250. The van der Waals surface area contributed by atoms with Gasteiger partial charge >= 0.3 is 0 Å². The number of anilines is 3. The third-order valence-electron chi connectivity index (χ3n) is 4.90. The summed E-state index contributed by atoms with van der Waals surface area (Å²) in [5.74, 6) is 1.84. The number of aromatic nitrogens is 5. The molecule has 0 aliphatic heterocycles. The molecule has 0 spiro atoms. The number of nitrogens with one attached hydrogen (secondary N) is 1. The molecule has 0 fully saturated rings. The highest BCUT2D eigenvalue weighted by molar-refractivity contribution is 7.98. The molecule has 9 heteroatoms. The molecule has 3 N–H and O–H groups in total. The van der Waals surface area contributed by atoms with E-state index in [1.807, 2.05) is 31.2 Å². The van der Waals surface area contributed by atoms with E-state index in [0.29, 0.717) is 17.5 Å². The molecule has 0 radical (unpaired) electrons. The van der Waals surface area contributed by atoms with Gasteiger partial charge in [0.05, 0.1) is 5.75 Å². The molecule has 7 nitrogen and oxygen atoms in total. The minimum Gasteiger partial charge on any atom is -0.368 e. The van der Waals surface area contributed by atoms with E-state index in [1.165, 1.54) is 22.2 Å². The van der Waals surface area contributed by atoms with Crippen molar-refractivity contribution in [2.75, 3.05) is 11.1 Å². The van der Waals surface area contributed by atoms with E-state index in [1.54, 1.807) is 29.4 Å². The van der Waals surface area contributed by atoms with Crippen molar-refractivity contribution >= 4 is 50.9 Å². The van der Waals surface area contributed by atoms with Crippen molar-refractivity contribution in [1.82, 2.24) is 24.9 Å². The van der Waals surface area contributed by atoms with Crippen LogP contribution in [-0.4, -0.2) is 24.9 Å². The minimum atomic E-state index is 0.205. The van der Waals surface area contributed by atoms with Crippen LogP contribution in [0.4, 0.5) is 17.6 Å². The van der Waals surface area contributed by atoms with Crippen LogP contribution in [0.2, 0.25) is 0 Å². The Morgan fingerprint density at radius 1 is 1.14 bits per heavy atom. The van der Waals surface area contributed by atoms with E-state index < -0.39 is 0 Å². The average Bonchev–Trinajstić information content (AvgIpc) is 3.29. The Bertz CT molecular complexity index is 1200. The lowest BCUT2D eigenvalue weighted by Crippen LogP contribution is -2.07. The number of nitrogen functional groups attached to an aromatic ring is 1. The molecule has 4 aromatic rings. The predicted molar refractivity (Wildman–Crippen MR) is 118 cm³/mol. The van der Waals surface area contributed by atoms with Crippen LogP contribution >= 0.6 is 23.1 Å². The largest absolute Gasteiger partial charge is 0.368 e. The fourth-order valence-electron chi connectivity index (χ4n) is 3.53. The number of aryl methyl sites for hydroxylation is 3. The van der Waals surface area contributed by atoms with Gasteiger partial charge < -0.3 is 11.1 Å². The van der Waals surface area contributed by atoms with Crippen LogP contribution in [0.3, 0.4) is 0 Å². The van der Waals surface area contributed by atoms with Crippen molar-refractivity contribution in [3.8, 4) is 0 Å². The van der Waals surface area contributed by atoms with Crippen LogP contribution in [-0.2, 0) is 18.6 Å².